The van der Waals surface area contributed by atoms with Gasteiger partial charge in [0.1, 0.15) is 0 Å². The molecule has 3 atom stereocenters. The third-order valence-electron chi connectivity index (χ3n) is 6.38. The second-order valence-electron chi connectivity index (χ2n) is 8.64. The van der Waals surface area contributed by atoms with Gasteiger partial charge in [-0.05, 0) is 60.2 Å². The lowest BCUT2D eigenvalue weighted by molar-refractivity contribution is 0.277. The van der Waals surface area contributed by atoms with E-state index in [4.69, 9.17) is 4.52 Å². The monoisotopic (exact) mass is 325 g/mol. The first kappa shape index (κ1) is 17.3. The van der Waals surface area contributed by atoms with Crippen LogP contribution < -0.4 is 0 Å². The van der Waals surface area contributed by atoms with E-state index in [2.05, 4.69) is 64.9 Å². The Morgan fingerprint density at radius 2 is 2.12 bits per heavy atom. The van der Waals surface area contributed by atoms with Crippen LogP contribution in [0.1, 0.15) is 66.6 Å². The van der Waals surface area contributed by atoms with Crippen molar-refractivity contribution in [2.75, 3.05) is 0 Å². The van der Waals surface area contributed by atoms with Crippen molar-refractivity contribution in [2.45, 2.75) is 60.8 Å². The minimum absolute atomic E-state index is 0.160. The fourth-order valence-corrected chi connectivity index (χ4v) is 4.43. The number of nitrogens with zero attached hydrogens (tertiary/aromatic N) is 1. The number of hydrogen-bond acceptors (Lipinski definition) is 2. The van der Waals surface area contributed by atoms with Crippen molar-refractivity contribution in [2.24, 2.45) is 22.7 Å². The summed E-state index contributed by atoms with van der Waals surface area (Å²) in [5, 5.41) is 3.83. The van der Waals surface area contributed by atoms with Crippen molar-refractivity contribution in [3.8, 4) is 0 Å². The van der Waals surface area contributed by atoms with Gasteiger partial charge in [-0.2, -0.15) is 0 Å². The van der Waals surface area contributed by atoms with Gasteiger partial charge in [0.2, 0.25) is 0 Å². The van der Waals surface area contributed by atoms with Crippen molar-refractivity contribution in [1.82, 2.24) is 5.16 Å². The minimum Gasteiger partial charge on any atom is -0.357 e. The molecule has 0 spiro atoms. The third-order valence-corrected chi connectivity index (χ3v) is 6.38. The van der Waals surface area contributed by atoms with Gasteiger partial charge < -0.3 is 4.52 Å². The number of allylic oxidation sites excluding steroid dienone is 5. The minimum atomic E-state index is 0.160. The van der Waals surface area contributed by atoms with E-state index in [1.54, 1.807) is 17.3 Å². The molecule has 2 aliphatic carbocycles. The van der Waals surface area contributed by atoms with Gasteiger partial charge in [-0.15, -0.1) is 0 Å². The Bertz CT molecular complexity index is 690. The normalized spacial score (nSPS) is 32.8. The van der Waals surface area contributed by atoms with E-state index in [0.717, 1.165) is 12.2 Å². The van der Waals surface area contributed by atoms with Crippen molar-refractivity contribution < 1.29 is 4.52 Å². The number of rotatable bonds is 3. The molecule has 3 rings (SSSR count). The summed E-state index contributed by atoms with van der Waals surface area (Å²) < 4.78 is 5.30. The lowest BCUT2D eigenvalue weighted by atomic mass is 9.58. The highest BCUT2D eigenvalue weighted by Gasteiger charge is 2.42. The van der Waals surface area contributed by atoms with E-state index in [-0.39, 0.29) is 5.41 Å². The molecular formula is C22H31NO. The Labute approximate surface area is 146 Å². The van der Waals surface area contributed by atoms with Crippen molar-refractivity contribution >= 4 is 6.08 Å². The molecule has 1 saturated carbocycles. The fraction of sp³-hybridized carbons (Fsp3) is 0.591. The maximum atomic E-state index is 5.30. The van der Waals surface area contributed by atoms with E-state index in [1.165, 1.54) is 18.4 Å². The first-order valence-corrected chi connectivity index (χ1v) is 9.31. The maximum absolute atomic E-state index is 5.30. The topological polar surface area (TPSA) is 26.0 Å². The summed E-state index contributed by atoms with van der Waals surface area (Å²) in [6.07, 6.45) is 12.7. The zero-order valence-electron chi connectivity index (χ0n) is 16.0. The lowest BCUT2D eigenvalue weighted by Gasteiger charge is -2.47. The standard InChI is InChI=1S/C22H31NO/c1-7-22(6)14-20-18(15(2)8-10-21(20,4)5)13-19(22)16(3)12-17-9-11-23-24-17/h9,11-15,19H,7-8,10H2,1-6H3. The molecule has 130 valence electrons. The fourth-order valence-electron chi connectivity index (χ4n) is 4.43. The van der Waals surface area contributed by atoms with E-state index >= 15 is 0 Å². The zero-order valence-corrected chi connectivity index (χ0v) is 16.0. The summed E-state index contributed by atoms with van der Waals surface area (Å²) in [4.78, 5) is 0. The van der Waals surface area contributed by atoms with E-state index in [9.17, 15) is 0 Å². The van der Waals surface area contributed by atoms with Gasteiger partial charge in [-0.1, -0.05) is 57.5 Å². The van der Waals surface area contributed by atoms with E-state index in [0.29, 0.717) is 17.3 Å². The highest BCUT2D eigenvalue weighted by atomic mass is 16.5. The maximum Gasteiger partial charge on any atom is 0.159 e. The quantitative estimate of drug-likeness (QED) is 0.639. The van der Waals surface area contributed by atoms with Crippen LogP contribution in [-0.4, -0.2) is 5.16 Å². The highest BCUT2D eigenvalue weighted by molar-refractivity contribution is 5.52. The summed E-state index contributed by atoms with van der Waals surface area (Å²) in [6, 6.07) is 1.93. The SMILES string of the molecule is CCC1(C)C=C2C(=CC1C(C)=Cc1ccno1)C(C)CCC2(C)C. The number of aromatic nitrogens is 1. The summed E-state index contributed by atoms with van der Waals surface area (Å²) >= 11 is 0. The second kappa shape index (κ2) is 6.06. The molecule has 0 aromatic carbocycles. The molecule has 1 aromatic rings. The molecule has 0 bridgehead atoms. The molecule has 1 fully saturated rings. The van der Waals surface area contributed by atoms with Gasteiger partial charge in [0.15, 0.2) is 5.76 Å². The third kappa shape index (κ3) is 2.92. The zero-order chi connectivity index (χ0) is 17.5. The predicted octanol–water partition coefficient (Wildman–Crippen LogP) is 6.43. The second-order valence-corrected chi connectivity index (χ2v) is 8.64. The van der Waals surface area contributed by atoms with Gasteiger partial charge >= 0.3 is 0 Å². The van der Waals surface area contributed by atoms with Crippen LogP contribution in [0.25, 0.3) is 6.08 Å². The Hall–Kier alpha value is -1.57. The molecule has 2 heteroatoms. The van der Waals surface area contributed by atoms with Gasteiger partial charge in [0, 0.05) is 12.0 Å². The van der Waals surface area contributed by atoms with E-state index < -0.39 is 0 Å². The van der Waals surface area contributed by atoms with Crippen LogP contribution in [0.2, 0.25) is 0 Å². The smallest absolute Gasteiger partial charge is 0.159 e. The average molecular weight is 325 g/mol. The van der Waals surface area contributed by atoms with Gasteiger partial charge in [0.05, 0.1) is 6.20 Å². The summed E-state index contributed by atoms with van der Waals surface area (Å²) in [5.74, 6) is 1.92. The number of fused-ring (bicyclic) bond motifs is 1. The number of hydrogen-bond donors (Lipinski definition) is 0. The Morgan fingerprint density at radius 3 is 2.75 bits per heavy atom. The average Bonchev–Trinajstić information content (AvgIpc) is 3.04. The van der Waals surface area contributed by atoms with Crippen LogP contribution in [-0.2, 0) is 0 Å². The molecule has 1 aromatic heterocycles. The van der Waals surface area contributed by atoms with Crippen LogP contribution in [0.15, 0.2) is 45.7 Å². The Balaban J connectivity index is 2.06. The van der Waals surface area contributed by atoms with Crippen molar-refractivity contribution in [3.63, 3.8) is 0 Å². The molecule has 2 aliphatic rings. The van der Waals surface area contributed by atoms with Crippen LogP contribution >= 0.6 is 0 Å². The first-order valence-electron chi connectivity index (χ1n) is 9.31. The van der Waals surface area contributed by atoms with Crippen LogP contribution in [0.3, 0.4) is 0 Å². The van der Waals surface area contributed by atoms with Crippen LogP contribution in [0.4, 0.5) is 0 Å². The molecule has 0 N–H and O–H groups in total. The molecule has 24 heavy (non-hydrogen) atoms. The molecule has 3 unspecified atom stereocenters. The molecule has 0 radical (unpaired) electrons. The molecule has 2 nitrogen and oxygen atoms in total. The Morgan fingerprint density at radius 1 is 1.38 bits per heavy atom. The van der Waals surface area contributed by atoms with Crippen LogP contribution in [0, 0.1) is 22.7 Å². The van der Waals surface area contributed by atoms with Gasteiger partial charge in [0.25, 0.3) is 0 Å². The molecule has 1 heterocycles. The van der Waals surface area contributed by atoms with Crippen LogP contribution in [0.5, 0.6) is 0 Å². The highest BCUT2D eigenvalue weighted by Crippen LogP contribution is 2.54. The summed E-state index contributed by atoms with van der Waals surface area (Å²) in [5.41, 5.74) is 4.98. The van der Waals surface area contributed by atoms with E-state index in [1.807, 2.05) is 6.07 Å². The Kier molecular flexibility index (Phi) is 4.36. The summed E-state index contributed by atoms with van der Waals surface area (Å²) in [7, 11) is 0. The summed E-state index contributed by atoms with van der Waals surface area (Å²) in [6.45, 7) is 14.2. The molecular weight excluding hydrogens is 294 g/mol. The van der Waals surface area contributed by atoms with Crippen molar-refractivity contribution in [1.29, 1.82) is 0 Å². The lowest BCUT2D eigenvalue weighted by Crippen LogP contribution is -2.35. The molecule has 0 amide bonds. The van der Waals surface area contributed by atoms with Gasteiger partial charge in [-0.25, -0.2) is 0 Å². The molecule has 0 saturated heterocycles. The van der Waals surface area contributed by atoms with Gasteiger partial charge in [-0.3, -0.25) is 0 Å². The largest absolute Gasteiger partial charge is 0.357 e. The van der Waals surface area contributed by atoms with Crippen molar-refractivity contribution in [3.05, 3.63) is 46.9 Å². The predicted molar refractivity (Wildman–Crippen MR) is 100 cm³/mol. The first-order chi connectivity index (χ1) is 11.3. The molecule has 0 aliphatic heterocycles.